The highest BCUT2D eigenvalue weighted by Crippen LogP contribution is 2.12. The minimum atomic E-state index is -2.58. The SMILES string of the molecule is N#CCO[P+](=O)O. The maximum atomic E-state index is 9.53. The minimum absolute atomic E-state index is 0.328. The Balaban J connectivity index is 3.02. The van der Waals surface area contributed by atoms with E-state index >= 15 is 0 Å². The maximum Gasteiger partial charge on any atom is 0.695 e. The second-order valence-corrected chi connectivity index (χ2v) is 1.40. The molecule has 0 aromatic carbocycles. The number of hydrogen-bond donors (Lipinski definition) is 1. The van der Waals surface area contributed by atoms with Gasteiger partial charge in [0.05, 0.1) is 6.07 Å². The van der Waals surface area contributed by atoms with Crippen LogP contribution in [0.4, 0.5) is 0 Å². The molecule has 1 atom stereocenters. The number of nitrogens with zero attached hydrogens (tertiary/aromatic N) is 1. The van der Waals surface area contributed by atoms with Crippen molar-refractivity contribution in [1.29, 1.82) is 5.26 Å². The van der Waals surface area contributed by atoms with Crippen LogP contribution in [0.5, 0.6) is 0 Å². The largest absolute Gasteiger partial charge is 0.695 e. The van der Waals surface area contributed by atoms with Crippen LogP contribution in [-0.2, 0) is 9.09 Å². The van der Waals surface area contributed by atoms with E-state index in [1.165, 1.54) is 6.07 Å². The molecule has 4 nitrogen and oxygen atoms in total. The molecular weight excluding hydrogens is 117 g/mol. The Morgan fingerprint density at radius 2 is 2.57 bits per heavy atom. The van der Waals surface area contributed by atoms with Crippen molar-refractivity contribution in [2.75, 3.05) is 6.61 Å². The van der Waals surface area contributed by atoms with Crippen LogP contribution in [0.25, 0.3) is 0 Å². The molecule has 0 saturated carbocycles. The van der Waals surface area contributed by atoms with Gasteiger partial charge in [-0.3, -0.25) is 0 Å². The molecule has 0 aromatic rings. The lowest BCUT2D eigenvalue weighted by molar-refractivity contribution is 0.316. The normalized spacial score (nSPS) is 10.0. The molecule has 0 aliphatic carbocycles. The summed E-state index contributed by atoms with van der Waals surface area (Å²) in [6.45, 7) is -0.328. The van der Waals surface area contributed by atoms with Crippen molar-refractivity contribution in [1.82, 2.24) is 0 Å². The number of rotatable bonds is 2. The van der Waals surface area contributed by atoms with Crippen molar-refractivity contribution in [2.45, 2.75) is 0 Å². The van der Waals surface area contributed by atoms with Gasteiger partial charge in [0.2, 0.25) is 0 Å². The zero-order valence-electron chi connectivity index (χ0n) is 3.37. The standard InChI is InChI=1S/C2H2NO3P/c3-1-2-6-7(4)5/h2H2/p+1. The maximum absolute atomic E-state index is 9.53. The molecule has 1 unspecified atom stereocenters. The van der Waals surface area contributed by atoms with E-state index in [2.05, 4.69) is 4.52 Å². The Morgan fingerprint density at radius 3 is 2.71 bits per heavy atom. The topological polar surface area (TPSA) is 70.3 Å². The van der Waals surface area contributed by atoms with Gasteiger partial charge in [-0.25, -0.2) is 0 Å². The number of hydrogen-bond acceptors (Lipinski definition) is 3. The third-order valence-electron chi connectivity index (χ3n) is 0.240. The molecule has 0 bridgehead atoms. The first-order valence-corrected chi connectivity index (χ1v) is 2.56. The Hall–Kier alpha value is -0.490. The molecule has 0 aliphatic heterocycles. The molecule has 0 aliphatic rings. The molecule has 0 rings (SSSR count). The zero-order chi connectivity index (χ0) is 5.70. The van der Waals surface area contributed by atoms with Gasteiger partial charge in [-0.2, -0.15) is 5.26 Å². The predicted molar refractivity (Wildman–Crippen MR) is 21.4 cm³/mol. The molecule has 5 heteroatoms. The Labute approximate surface area is 41.3 Å². The Morgan fingerprint density at radius 1 is 2.00 bits per heavy atom. The summed E-state index contributed by atoms with van der Waals surface area (Å²) in [5, 5.41) is 7.70. The lowest BCUT2D eigenvalue weighted by atomic mass is 10.9. The van der Waals surface area contributed by atoms with Crippen molar-refractivity contribution in [3.63, 3.8) is 0 Å². The average molecular weight is 120 g/mol. The van der Waals surface area contributed by atoms with Gasteiger partial charge in [0, 0.05) is 4.57 Å². The van der Waals surface area contributed by atoms with Crippen LogP contribution in [0, 0.1) is 11.3 Å². The molecule has 0 spiro atoms. The molecule has 0 radical (unpaired) electrons. The highest BCUT2D eigenvalue weighted by molar-refractivity contribution is 7.32. The van der Waals surface area contributed by atoms with E-state index in [0.717, 1.165) is 0 Å². The summed E-state index contributed by atoms with van der Waals surface area (Å²) in [5.74, 6) is 0. The molecule has 0 aromatic heterocycles. The van der Waals surface area contributed by atoms with Gasteiger partial charge in [0.1, 0.15) is 0 Å². The van der Waals surface area contributed by atoms with Crippen molar-refractivity contribution >= 4 is 8.25 Å². The molecule has 0 fully saturated rings. The summed E-state index contributed by atoms with van der Waals surface area (Å²) < 4.78 is 13.4. The monoisotopic (exact) mass is 120 g/mol. The van der Waals surface area contributed by atoms with Gasteiger partial charge in [0.15, 0.2) is 6.61 Å². The van der Waals surface area contributed by atoms with Crippen LogP contribution in [0.3, 0.4) is 0 Å². The van der Waals surface area contributed by atoms with E-state index in [4.69, 9.17) is 10.2 Å². The van der Waals surface area contributed by atoms with E-state index in [-0.39, 0.29) is 6.61 Å². The van der Waals surface area contributed by atoms with Gasteiger partial charge < -0.3 is 0 Å². The summed E-state index contributed by atoms with van der Waals surface area (Å²) in [6, 6.07) is 1.53. The predicted octanol–water partition coefficient (Wildman–Crippen LogP) is 0.176. The van der Waals surface area contributed by atoms with Crippen LogP contribution in [0.2, 0.25) is 0 Å². The Bertz CT molecular complexity index is 106. The van der Waals surface area contributed by atoms with Gasteiger partial charge in [-0.05, 0) is 0 Å². The molecule has 0 heterocycles. The molecule has 1 N–H and O–H groups in total. The smallest absolute Gasteiger partial charge is 0.196 e. The minimum Gasteiger partial charge on any atom is -0.196 e. The summed E-state index contributed by atoms with van der Waals surface area (Å²) >= 11 is 0. The average Bonchev–Trinajstić information content (AvgIpc) is 1.61. The quantitative estimate of drug-likeness (QED) is 0.527. The second kappa shape index (κ2) is 3.69. The highest BCUT2D eigenvalue weighted by Gasteiger charge is 2.08. The van der Waals surface area contributed by atoms with E-state index in [1.54, 1.807) is 0 Å². The van der Waals surface area contributed by atoms with Crippen LogP contribution in [0.15, 0.2) is 0 Å². The van der Waals surface area contributed by atoms with Crippen LogP contribution in [0.1, 0.15) is 0 Å². The van der Waals surface area contributed by atoms with E-state index in [1.807, 2.05) is 0 Å². The first kappa shape index (κ1) is 6.51. The number of nitriles is 1. The lowest BCUT2D eigenvalue weighted by Crippen LogP contribution is -1.76. The van der Waals surface area contributed by atoms with E-state index in [0.29, 0.717) is 0 Å². The fraction of sp³-hybridized carbons (Fsp3) is 0.500. The molecule has 38 valence electrons. The molecule has 7 heavy (non-hydrogen) atoms. The third kappa shape index (κ3) is 5.51. The fourth-order valence-corrected chi connectivity index (χ4v) is 0.252. The van der Waals surface area contributed by atoms with Crippen molar-refractivity contribution in [3.05, 3.63) is 0 Å². The van der Waals surface area contributed by atoms with Crippen molar-refractivity contribution in [2.24, 2.45) is 0 Å². The molecule has 0 saturated heterocycles. The fourth-order valence-electron chi connectivity index (χ4n) is 0.0841. The first-order chi connectivity index (χ1) is 3.27. The third-order valence-corrected chi connectivity index (χ3v) is 0.590. The lowest BCUT2D eigenvalue weighted by Gasteiger charge is -1.66. The summed E-state index contributed by atoms with van der Waals surface area (Å²) in [7, 11) is -2.58. The van der Waals surface area contributed by atoms with E-state index in [9.17, 15) is 4.57 Å². The Kier molecular flexibility index (Phi) is 3.43. The summed E-state index contributed by atoms with van der Waals surface area (Å²) in [5.41, 5.74) is 0. The van der Waals surface area contributed by atoms with Crippen LogP contribution in [-0.4, -0.2) is 11.5 Å². The van der Waals surface area contributed by atoms with Crippen molar-refractivity contribution < 1.29 is 14.0 Å². The van der Waals surface area contributed by atoms with Gasteiger partial charge in [-0.1, -0.05) is 0 Å². The summed E-state index contributed by atoms with van der Waals surface area (Å²) in [6.07, 6.45) is 0. The van der Waals surface area contributed by atoms with Crippen LogP contribution >= 0.6 is 8.25 Å². The van der Waals surface area contributed by atoms with Crippen LogP contribution < -0.4 is 0 Å². The molecular formula is C2H3NO3P+. The van der Waals surface area contributed by atoms with Crippen molar-refractivity contribution in [3.8, 4) is 6.07 Å². The highest BCUT2D eigenvalue weighted by atomic mass is 31.1. The summed E-state index contributed by atoms with van der Waals surface area (Å²) in [4.78, 5) is 7.82. The zero-order valence-corrected chi connectivity index (χ0v) is 4.26. The van der Waals surface area contributed by atoms with E-state index < -0.39 is 8.25 Å². The molecule has 0 amide bonds. The second-order valence-electron chi connectivity index (χ2n) is 0.669. The van der Waals surface area contributed by atoms with Gasteiger partial charge in [0.25, 0.3) is 0 Å². The van der Waals surface area contributed by atoms with Gasteiger partial charge >= 0.3 is 8.25 Å². The van der Waals surface area contributed by atoms with Gasteiger partial charge in [-0.15, -0.1) is 9.42 Å². The first-order valence-electron chi connectivity index (χ1n) is 1.43.